The summed E-state index contributed by atoms with van der Waals surface area (Å²) in [5.41, 5.74) is 12.5. The number of rotatable bonds is 5. The van der Waals surface area contributed by atoms with E-state index in [-0.39, 0.29) is 0 Å². The van der Waals surface area contributed by atoms with E-state index in [4.69, 9.17) is 16.2 Å². The number of nitrogen functional groups attached to an aromatic ring is 2. The zero-order chi connectivity index (χ0) is 14.7. The maximum Gasteiger partial charge on any atom is 0.182 e. The molecule has 2 aromatic rings. The maximum absolute atomic E-state index is 5.84. The van der Waals surface area contributed by atoms with Crippen LogP contribution in [-0.2, 0) is 0 Å². The van der Waals surface area contributed by atoms with Crippen molar-refractivity contribution < 1.29 is 4.74 Å². The van der Waals surface area contributed by atoms with Gasteiger partial charge in [0.05, 0.1) is 4.88 Å². The Hall–Kier alpha value is -1.79. The van der Waals surface area contributed by atoms with E-state index >= 15 is 0 Å². The summed E-state index contributed by atoms with van der Waals surface area (Å²) in [6.07, 6.45) is 2.63. The number of likely N-dealkylation sites (tertiary alicyclic amines) is 1. The van der Waals surface area contributed by atoms with E-state index in [1.165, 1.54) is 37.3 Å². The van der Waals surface area contributed by atoms with Crippen molar-refractivity contribution in [1.29, 1.82) is 0 Å². The van der Waals surface area contributed by atoms with Crippen LogP contribution in [0.15, 0.2) is 24.3 Å². The van der Waals surface area contributed by atoms with Gasteiger partial charge in [-0.25, -0.2) is 4.98 Å². The number of hydrogen-bond acceptors (Lipinski definition) is 6. The van der Waals surface area contributed by atoms with E-state index in [0.717, 1.165) is 29.3 Å². The molecule has 1 aliphatic heterocycles. The number of ether oxygens (including phenoxy) is 1. The lowest BCUT2D eigenvalue weighted by atomic mass is 10.2. The van der Waals surface area contributed by atoms with E-state index in [1.807, 2.05) is 24.3 Å². The first-order valence-electron chi connectivity index (χ1n) is 7.20. The highest BCUT2D eigenvalue weighted by Crippen LogP contribution is 2.34. The highest BCUT2D eigenvalue weighted by atomic mass is 32.1. The number of thiazole rings is 1. The van der Waals surface area contributed by atoms with Crippen LogP contribution in [0.5, 0.6) is 5.75 Å². The van der Waals surface area contributed by atoms with Gasteiger partial charge in [-0.05, 0) is 55.8 Å². The molecule has 3 rings (SSSR count). The summed E-state index contributed by atoms with van der Waals surface area (Å²) in [6.45, 7) is 4.14. The first kappa shape index (κ1) is 14.2. The highest BCUT2D eigenvalue weighted by Gasteiger charge is 2.11. The molecule has 0 saturated carbocycles. The third kappa shape index (κ3) is 3.46. The van der Waals surface area contributed by atoms with Crippen molar-refractivity contribution in [1.82, 2.24) is 9.88 Å². The quantitative estimate of drug-likeness (QED) is 0.887. The van der Waals surface area contributed by atoms with Crippen LogP contribution in [-0.4, -0.2) is 36.1 Å². The van der Waals surface area contributed by atoms with Gasteiger partial charge in [0.15, 0.2) is 5.13 Å². The normalized spacial score (nSPS) is 15.4. The summed E-state index contributed by atoms with van der Waals surface area (Å²) in [5, 5.41) is 0.494. The summed E-state index contributed by atoms with van der Waals surface area (Å²) in [4.78, 5) is 7.39. The molecule has 1 aromatic heterocycles. The second kappa shape index (κ2) is 6.32. The first-order chi connectivity index (χ1) is 10.2. The monoisotopic (exact) mass is 304 g/mol. The van der Waals surface area contributed by atoms with Gasteiger partial charge in [0.1, 0.15) is 18.2 Å². The fourth-order valence-electron chi connectivity index (χ4n) is 2.56. The molecule has 21 heavy (non-hydrogen) atoms. The van der Waals surface area contributed by atoms with Crippen molar-refractivity contribution in [3.05, 3.63) is 24.3 Å². The SMILES string of the molecule is Nc1nc(N)c(-c2ccc(OCCN3CCCC3)cc2)s1. The number of nitrogens with two attached hydrogens (primary N) is 2. The molecule has 0 aliphatic carbocycles. The Kier molecular flexibility index (Phi) is 4.26. The zero-order valence-electron chi connectivity index (χ0n) is 11.9. The summed E-state index contributed by atoms with van der Waals surface area (Å²) < 4.78 is 5.78. The smallest absolute Gasteiger partial charge is 0.182 e. The molecule has 0 bridgehead atoms. The van der Waals surface area contributed by atoms with Gasteiger partial charge in [0.25, 0.3) is 0 Å². The van der Waals surface area contributed by atoms with Crippen LogP contribution in [0.1, 0.15) is 12.8 Å². The third-order valence-corrected chi connectivity index (χ3v) is 4.61. The molecular weight excluding hydrogens is 284 g/mol. The third-order valence-electron chi connectivity index (χ3n) is 3.66. The average Bonchev–Trinajstić information content (AvgIpc) is 3.09. The molecule has 4 N–H and O–H groups in total. The van der Waals surface area contributed by atoms with Crippen molar-refractivity contribution in [2.24, 2.45) is 0 Å². The van der Waals surface area contributed by atoms with Gasteiger partial charge in [-0.2, -0.15) is 0 Å². The van der Waals surface area contributed by atoms with Gasteiger partial charge in [-0.3, -0.25) is 4.90 Å². The molecule has 0 spiro atoms. The summed E-state index contributed by atoms with van der Waals surface area (Å²) in [7, 11) is 0. The van der Waals surface area contributed by atoms with Gasteiger partial charge >= 0.3 is 0 Å². The standard InChI is InChI=1S/C15H20N4OS/c16-14-13(21-15(17)18-14)11-3-5-12(6-4-11)20-10-9-19-7-1-2-8-19/h3-6H,1-2,7-10,16H2,(H2,17,18). The molecule has 1 aliphatic rings. The average molecular weight is 304 g/mol. The minimum atomic E-state index is 0.486. The van der Waals surface area contributed by atoms with Gasteiger partial charge in [-0.1, -0.05) is 11.3 Å². The second-order valence-electron chi connectivity index (χ2n) is 5.19. The molecule has 6 heteroatoms. The zero-order valence-corrected chi connectivity index (χ0v) is 12.7. The lowest BCUT2D eigenvalue weighted by Crippen LogP contribution is -2.25. The van der Waals surface area contributed by atoms with Crippen molar-refractivity contribution in [2.45, 2.75) is 12.8 Å². The Morgan fingerprint density at radius 1 is 1.14 bits per heavy atom. The van der Waals surface area contributed by atoms with Crippen LogP contribution in [0.25, 0.3) is 10.4 Å². The molecule has 1 aromatic carbocycles. The Morgan fingerprint density at radius 3 is 2.48 bits per heavy atom. The first-order valence-corrected chi connectivity index (χ1v) is 8.01. The molecule has 0 radical (unpaired) electrons. The van der Waals surface area contributed by atoms with Crippen LogP contribution in [0.3, 0.4) is 0 Å². The Morgan fingerprint density at radius 2 is 1.86 bits per heavy atom. The summed E-state index contributed by atoms with van der Waals surface area (Å²) in [6, 6.07) is 7.92. The van der Waals surface area contributed by atoms with E-state index < -0.39 is 0 Å². The van der Waals surface area contributed by atoms with Crippen LogP contribution in [0.2, 0.25) is 0 Å². The molecule has 1 fully saturated rings. The van der Waals surface area contributed by atoms with E-state index in [0.29, 0.717) is 10.9 Å². The predicted molar refractivity (Wildman–Crippen MR) is 87.5 cm³/mol. The number of benzene rings is 1. The number of anilines is 2. The molecule has 5 nitrogen and oxygen atoms in total. The molecule has 0 atom stereocenters. The molecular formula is C15H20N4OS. The van der Waals surface area contributed by atoms with Gasteiger partial charge in [0, 0.05) is 6.54 Å². The summed E-state index contributed by atoms with van der Waals surface area (Å²) in [5.74, 6) is 1.37. The van der Waals surface area contributed by atoms with Gasteiger partial charge in [0.2, 0.25) is 0 Å². The Bertz CT molecular complexity index is 590. The fraction of sp³-hybridized carbons (Fsp3) is 0.400. The Balaban J connectivity index is 1.57. The van der Waals surface area contributed by atoms with Gasteiger partial charge in [-0.15, -0.1) is 0 Å². The highest BCUT2D eigenvalue weighted by molar-refractivity contribution is 7.19. The minimum Gasteiger partial charge on any atom is -0.492 e. The number of aromatic nitrogens is 1. The van der Waals surface area contributed by atoms with Crippen LogP contribution < -0.4 is 16.2 Å². The fourth-order valence-corrected chi connectivity index (χ4v) is 3.31. The van der Waals surface area contributed by atoms with Crippen molar-refractivity contribution in [2.75, 3.05) is 37.7 Å². The van der Waals surface area contributed by atoms with Crippen LogP contribution in [0, 0.1) is 0 Å². The molecule has 1 saturated heterocycles. The van der Waals surface area contributed by atoms with Crippen molar-refractivity contribution >= 4 is 22.3 Å². The number of hydrogen-bond donors (Lipinski definition) is 2. The van der Waals surface area contributed by atoms with E-state index in [9.17, 15) is 0 Å². The van der Waals surface area contributed by atoms with Crippen molar-refractivity contribution in [3.8, 4) is 16.2 Å². The largest absolute Gasteiger partial charge is 0.492 e. The molecule has 0 unspecified atom stereocenters. The van der Waals surface area contributed by atoms with Crippen LogP contribution >= 0.6 is 11.3 Å². The van der Waals surface area contributed by atoms with Gasteiger partial charge < -0.3 is 16.2 Å². The van der Waals surface area contributed by atoms with E-state index in [2.05, 4.69) is 9.88 Å². The second-order valence-corrected chi connectivity index (χ2v) is 6.22. The predicted octanol–water partition coefficient (Wildman–Crippen LogP) is 2.45. The molecule has 112 valence electrons. The Labute approximate surface area is 128 Å². The number of nitrogens with zero attached hydrogens (tertiary/aromatic N) is 2. The lowest BCUT2D eigenvalue weighted by Gasteiger charge is -2.14. The maximum atomic E-state index is 5.84. The topological polar surface area (TPSA) is 77.4 Å². The lowest BCUT2D eigenvalue weighted by molar-refractivity contribution is 0.238. The minimum absolute atomic E-state index is 0.486. The molecule has 2 heterocycles. The van der Waals surface area contributed by atoms with Crippen LogP contribution in [0.4, 0.5) is 10.9 Å². The van der Waals surface area contributed by atoms with Crippen molar-refractivity contribution in [3.63, 3.8) is 0 Å². The van der Waals surface area contributed by atoms with E-state index in [1.54, 1.807) is 0 Å². The summed E-state index contributed by atoms with van der Waals surface area (Å²) >= 11 is 1.40. The molecule has 0 amide bonds.